The van der Waals surface area contributed by atoms with Crippen LogP contribution in [-0.4, -0.2) is 16.4 Å². The lowest BCUT2D eigenvalue weighted by molar-refractivity contribution is 0.514. The Kier molecular flexibility index (Phi) is 6.65. The van der Waals surface area contributed by atoms with Gasteiger partial charge in [0.2, 0.25) is 0 Å². The van der Waals surface area contributed by atoms with Crippen molar-refractivity contribution >= 4 is 46.3 Å². The summed E-state index contributed by atoms with van der Waals surface area (Å²) in [6, 6.07) is 0. The molecule has 0 saturated heterocycles. The summed E-state index contributed by atoms with van der Waals surface area (Å²) in [5.41, 5.74) is 0. The van der Waals surface area contributed by atoms with Gasteiger partial charge in [-0.25, -0.2) is 0 Å². The molecule has 0 aliphatic carbocycles. The van der Waals surface area contributed by atoms with E-state index in [9.17, 15) is 9.46 Å². The minimum atomic E-state index is -3.30. The molecule has 13 heavy (non-hydrogen) atoms. The van der Waals surface area contributed by atoms with Crippen molar-refractivity contribution in [3.8, 4) is 0 Å². The van der Waals surface area contributed by atoms with Crippen molar-refractivity contribution in [2.45, 2.75) is 26.7 Å². The molecule has 0 aromatic rings. The van der Waals surface area contributed by atoms with E-state index in [0.717, 1.165) is 24.2 Å². The molecule has 2 nitrogen and oxygen atoms in total. The van der Waals surface area contributed by atoms with Crippen LogP contribution < -0.4 is 0 Å². The summed E-state index contributed by atoms with van der Waals surface area (Å²) < 4.78 is 11.7. The first-order chi connectivity index (χ1) is 5.87. The van der Waals surface area contributed by atoms with E-state index < -0.39 is 12.5 Å². The first-order valence-electron chi connectivity index (χ1n) is 4.07. The van der Waals surface area contributed by atoms with Gasteiger partial charge in [-0.05, 0) is 42.0 Å². The SMILES string of the molecule is CCCSP(=O)(O)S(=S)(=S)CCC. The van der Waals surface area contributed by atoms with Crippen molar-refractivity contribution in [1.29, 1.82) is 0 Å². The second-order valence-electron chi connectivity index (χ2n) is 2.59. The molecule has 1 N–H and O–H groups in total. The highest BCUT2D eigenvalue weighted by Gasteiger charge is 2.27. The topological polar surface area (TPSA) is 37.3 Å². The summed E-state index contributed by atoms with van der Waals surface area (Å²) in [6.45, 7) is 1.76. The quantitative estimate of drug-likeness (QED) is 0.756. The summed E-state index contributed by atoms with van der Waals surface area (Å²) >= 11 is 11.2. The zero-order chi connectivity index (χ0) is 10.5. The maximum absolute atomic E-state index is 11.7. The van der Waals surface area contributed by atoms with E-state index in [0.29, 0.717) is 11.5 Å². The molecule has 7 heteroatoms. The van der Waals surface area contributed by atoms with Crippen LogP contribution in [0.4, 0.5) is 0 Å². The van der Waals surface area contributed by atoms with E-state index >= 15 is 0 Å². The van der Waals surface area contributed by atoms with Crippen molar-refractivity contribution < 1.29 is 9.46 Å². The average molecular weight is 278 g/mol. The average Bonchev–Trinajstić information content (AvgIpc) is 2.00. The smallest absolute Gasteiger partial charge is 0.318 e. The molecule has 0 fully saturated rings. The van der Waals surface area contributed by atoms with E-state index in [2.05, 4.69) is 0 Å². The Bertz CT molecular complexity index is 285. The Morgan fingerprint density at radius 3 is 2.31 bits per heavy atom. The van der Waals surface area contributed by atoms with Gasteiger partial charge < -0.3 is 4.89 Å². The molecule has 0 radical (unpaired) electrons. The van der Waals surface area contributed by atoms with Crippen LogP contribution in [0, 0.1) is 0 Å². The van der Waals surface area contributed by atoms with Crippen LogP contribution in [0.25, 0.3) is 0 Å². The van der Waals surface area contributed by atoms with Crippen molar-refractivity contribution in [1.82, 2.24) is 0 Å². The molecule has 0 saturated carbocycles. The van der Waals surface area contributed by atoms with Crippen molar-refractivity contribution in [3.05, 3.63) is 0 Å². The predicted octanol–water partition coefficient (Wildman–Crippen LogP) is 2.72. The second-order valence-corrected chi connectivity index (χ2v) is 17.6. The van der Waals surface area contributed by atoms with Crippen molar-refractivity contribution in [2.24, 2.45) is 0 Å². The third-order valence-electron chi connectivity index (χ3n) is 1.27. The van der Waals surface area contributed by atoms with Crippen molar-refractivity contribution in [2.75, 3.05) is 11.5 Å². The van der Waals surface area contributed by atoms with Crippen LogP contribution in [0.2, 0.25) is 0 Å². The minimum Gasteiger partial charge on any atom is -0.329 e. The molecule has 0 aromatic carbocycles. The molecular weight excluding hydrogens is 263 g/mol. The summed E-state index contributed by atoms with van der Waals surface area (Å²) in [5, 5.41) is 0. The highest BCUT2D eigenvalue weighted by Crippen LogP contribution is 2.61. The normalized spacial score (nSPS) is 16.8. The Hall–Kier alpha value is 1.33. The standard InChI is InChI=1S/C6H15O2PS4/c1-3-5-12-9(7,8)13(10,11)6-4-2/h3-6H2,1-2H3,(H,7,8). The van der Waals surface area contributed by atoms with E-state index in [1.165, 1.54) is 0 Å². The highest BCUT2D eigenvalue weighted by molar-refractivity contribution is 9.02. The molecule has 0 bridgehead atoms. The highest BCUT2D eigenvalue weighted by atomic mass is 33.5. The van der Waals surface area contributed by atoms with Gasteiger partial charge in [0.1, 0.15) is 0 Å². The third kappa shape index (κ3) is 4.58. The Balaban J connectivity index is 4.53. The van der Waals surface area contributed by atoms with Gasteiger partial charge in [-0.3, -0.25) is 4.57 Å². The van der Waals surface area contributed by atoms with Gasteiger partial charge in [-0.15, -0.1) is 0 Å². The van der Waals surface area contributed by atoms with E-state index in [1.54, 1.807) is 0 Å². The molecular formula is C6H15O2PS4. The number of hydrogen-bond acceptors (Lipinski definition) is 4. The first kappa shape index (κ1) is 14.3. The molecule has 0 spiro atoms. The van der Waals surface area contributed by atoms with E-state index in [1.807, 2.05) is 13.8 Å². The van der Waals surface area contributed by atoms with Gasteiger partial charge in [0, 0.05) is 11.5 Å². The zero-order valence-corrected chi connectivity index (χ0v) is 11.9. The molecule has 1 unspecified atom stereocenters. The van der Waals surface area contributed by atoms with Crippen LogP contribution in [0.1, 0.15) is 26.7 Å². The monoisotopic (exact) mass is 278 g/mol. The van der Waals surface area contributed by atoms with Crippen LogP contribution in [-0.2, 0) is 33.7 Å². The maximum Gasteiger partial charge on any atom is 0.318 e. The molecule has 0 amide bonds. The lowest BCUT2D eigenvalue weighted by Crippen LogP contribution is -2.01. The lowest BCUT2D eigenvalue weighted by Gasteiger charge is -2.15. The largest absolute Gasteiger partial charge is 0.329 e. The number of rotatable bonds is 6. The zero-order valence-electron chi connectivity index (χ0n) is 7.76. The molecule has 80 valence electrons. The van der Waals surface area contributed by atoms with E-state index in [4.69, 9.17) is 22.4 Å². The molecule has 1 atom stereocenters. The molecule has 0 heterocycles. The fourth-order valence-electron chi connectivity index (χ4n) is 0.660. The van der Waals surface area contributed by atoms with Gasteiger partial charge in [-0.1, -0.05) is 25.2 Å². The molecule has 0 aliphatic rings. The minimum absolute atomic E-state index is 0.530. The second kappa shape index (κ2) is 6.03. The van der Waals surface area contributed by atoms with Gasteiger partial charge in [0.05, 0.1) is 0 Å². The van der Waals surface area contributed by atoms with Gasteiger partial charge in [-0.2, -0.15) is 0 Å². The Labute approximate surface area is 93.6 Å². The summed E-state index contributed by atoms with van der Waals surface area (Å²) in [6.07, 6.45) is 1.67. The summed E-state index contributed by atoms with van der Waals surface area (Å²) in [5.74, 6) is -2.10. The van der Waals surface area contributed by atoms with Gasteiger partial charge >= 0.3 is 5.77 Å². The predicted molar refractivity (Wildman–Crippen MR) is 69.8 cm³/mol. The Morgan fingerprint density at radius 2 is 1.92 bits per heavy atom. The van der Waals surface area contributed by atoms with Crippen LogP contribution in [0.3, 0.4) is 0 Å². The fraction of sp³-hybridized carbons (Fsp3) is 1.00. The summed E-state index contributed by atoms with van der Waals surface area (Å²) in [7, 11) is 0. The van der Waals surface area contributed by atoms with Crippen LogP contribution in [0.15, 0.2) is 0 Å². The van der Waals surface area contributed by atoms with Crippen LogP contribution in [0.5, 0.6) is 0 Å². The van der Waals surface area contributed by atoms with Crippen LogP contribution >= 0.6 is 17.2 Å². The molecule has 0 aliphatic heterocycles. The summed E-state index contributed by atoms with van der Waals surface area (Å²) in [4.78, 5) is 9.65. The number of hydrogen-bond donors (Lipinski definition) is 1. The Morgan fingerprint density at radius 1 is 1.38 bits per heavy atom. The lowest BCUT2D eigenvalue weighted by atomic mass is 10.6. The van der Waals surface area contributed by atoms with E-state index in [-0.39, 0.29) is 0 Å². The maximum atomic E-state index is 11.7. The van der Waals surface area contributed by atoms with Gasteiger partial charge in [0.25, 0.3) is 0 Å². The molecule has 0 rings (SSSR count). The van der Waals surface area contributed by atoms with Crippen molar-refractivity contribution in [3.63, 3.8) is 0 Å². The fourth-order valence-corrected chi connectivity index (χ4v) is 11.1. The third-order valence-corrected chi connectivity index (χ3v) is 17.6. The molecule has 0 aromatic heterocycles. The first-order valence-corrected chi connectivity index (χ1v) is 11.6. The van der Waals surface area contributed by atoms with Gasteiger partial charge in [0.15, 0.2) is 0 Å².